The van der Waals surface area contributed by atoms with Gasteiger partial charge in [-0.3, -0.25) is 19.7 Å². The molecule has 1 fully saturated rings. The average Bonchev–Trinajstić information content (AvgIpc) is 3.01. The van der Waals surface area contributed by atoms with Gasteiger partial charge in [-0.1, -0.05) is 12.1 Å². The number of carbonyl (C=O) groups is 2. The van der Waals surface area contributed by atoms with E-state index in [1.165, 1.54) is 18.0 Å². The van der Waals surface area contributed by atoms with E-state index in [9.17, 15) is 19.7 Å². The van der Waals surface area contributed by atoms with E-state index in [2.05, 4.69) is 10.6 Å². The minimum atomic E-state index is -0.504. The monoisotopic (exact) mass is 306 g/mol. The van der Waals surface area contributed by atoms with E-state index in [0.717, 1.165) is 6.42 Å². The van der Waals surface area contributed by atoms with Gasteiger partial charge in [0, 0.05) is 19.7 Å². The quantitative estimate of drug-likeness (QED) is 0.617. The maximum atomic E-state index is 12.2. The predicted octanol–water partition coefficient (Wildman–Crippen LogP) is 0.744. The molecule has 8 heteroatoms. The number of rotatable bonds is 5. The number of hydrogen-bond acceptors (Lipinski definition) is 5. The molecule has 22 heavy (non-hydrogen) atoms. The van der Waals surface area contributed by atoms with Crippen molar-refractivity contribution in [1.29, 1.82) is 0 Å². The van der Waals surface area contributed by atoms with E-state index in [0.29, 0.717) is 13.0 Å². The van der Waals surface area contributed by atoms with Gasteiger partial charge >= 0.3 is 0 Å². The molecular weight excluding hydrogens is 288 g/mol. The highest BCUT2D eigenvalue weighted by atomic mass is 16.6. The van der Waals surface area contributed by atoms with E-state index in [-0.39, 0.29) is 29.7 Å². The van der Waals surface area contributed by atoms with Crippen LogP contribution in [-0.4, -0.2) is 47.8 Å². The Morgan fingerprint density at radius 1 is 1.41 bits per heavy atom. The van der Waals surface area contributed by atoms with Crippen molar-refractivity contribution in [1.82, 2.24) is 10.2 Å². The molecule has 0 unspecified atom stereocenters. The topological polar surface area (TPSA) is 105 Å². The second-order valence-electron chi connectivity index (χ2n) is 4.99. The van der Waals surface area contributed by atoms with Crippen LogP contribution in [-0.2, 0) is 9.59 Å². The van der Waals surface area contributed by atoms with E-state index in [1.54, 1.807) is 18.2 Å². The zero-order valence-electron chi connectivity index (χ0n) is 12.2. The van der Waals surface area contributed by atoms with E-state index in [1.807, 2.05) is 0 Å². The molecule has 118 valence electrons. The molecule has 2 amide bonds. The number of carbonyl (C=O) groups excluding carboxylic acids is 2. The lowest BCUT2D eigenvalue weighted by molar-refractivity contribution is -0.383. The third kappa shape index (κ3) is 3.33. The maximum absolute atomic E-state index is 12.2. The van der Waals surface area contributed by atoms with Crippen molar-refractivity contribution in [2.45, 2.75) is 18.9 Å². The van der Waals surface area contributed by atoms with Crippen molar-refractivity contribution >= 4 is 23.2 Å². The second-order valence-corrected chi connectivity index (χ2v) is 4.99. The van der Waals surface area contributed by atoms with Crippen LogP contribution in [0.25, 0.3) is 0 Å². The summed E-state index contributed by atoms with van der Waals surface area (Å²) in [5, 5.41) is 16.3. The molecule has 2 rings (SSSR count). The first-order valence-corrected chi connectivity index (χ1v) is 7.03. The molecule has 1 atom stereocenters. The number of benzene rings is 1. The standard InChI is InChI=1S/C14H18N4O4/c1-15-14(20)12-7-4-8-17(12)13(19)9-16-10-5-2-3-6-11(10)18(21)22/h2-3,5-6,12,16H,4,7-9H2,1H3,(H,15,20)/t12-/m1/s1. The van der Waals surface area contributed by atoms with Crippen LogP contribution in [0.1, 0.15) is 12.8 Å². The van der Waals surface area contributed by atoms with Crippen molar-refractivity contribution in [3.63, 3.8) is 0 Å². The molecule has 0 aliphatic carbocycles. The van der Waals surface area contributed by atoms with Crippen molar-refractivity contribution in [3.05, 3.63) is 34.4 Å². The van der Waals surface area contributed by atoms with Crippen molar-refractivity contribution < 1.29 is 14.5 Å². The van der Waals surface area contributed by atoms with Crippen molar-refractivity contribution in [3.8, 4) is 0 Å². The molecule has 0 radical (unpaired) electrons. The van der Waals surface area contributed by atoms with E-state index in [4.69, 9.17) is 0 Å². The van der Waals surface area contributed by atoms with Gasteiger partial charge in [-0.05, 0) is 18.9 Å². The van der Waals surface area contributed by atoms with Crippen molar-refractivity contribution in [2.24, 2.45) is 0 Å². The number of likely N-dealkylation sites (N-methyl/N-ethyl adjacent to an activating group) is 1. The predicted molar refractivity (Wildman–Crippen MR) is 80.4 cm³/mol. The lowest BCUT2D eigenvalue weighted by Gasteiger charge is -2.23. The van der Waals surface area contributed by atoms with Crippen LogP contribution in [0.2, 0.25) is 0 Å². The smallest absolute Gasteiger partial charge is 0.292 e. The first kappa shape index (κ1) is 15.7. The summed E-state index contributed by atoms with van der Waals surface area (Å²) in [5.74, 6) is -0.430. The summed E-state index contributed by atoms with van der Waals surface area (Å²) in [4.78, 5) is 35.9. The second kappa shape index (κ2) is 6.88. The molecule has 1 aliphatic rings. The summed E-state index contributed by atoms with van der Waals surface area (Å²) in [7, 11) is 1.54. The SMILES string of the molecule is CNC(=O)[C@H]1CCCN1C(=O)CNc1ccccc1[N+](=O)[O-]. The third-order valence-electron chi connectivity index (χ3n) is 3.65. The van der Waals surface area contributed by atoms with Crippen LogP contribution in [0, 0.1) is 10.1 Å². The average molecular weight is 306 g/mol. The molecular formula is C14H18N4O4. The van der Waals surface area contributed by atoms with E-state index >= 15 is 0 Å². The Hall–Kier alpha value is -2.64. The summed E-state index contributed by atoms with van der Waals surface area (Å²) in [5.41, 5.74) is 0.205. The first-order chi connectivity index (χ1) is 10.5. The van der Waals surface area contributed by atoms with Gasteiger partial charge in [-0.25, -0.2) is 0 Å². The minimum absolute atomic E-state index is 0.0837. The highest BCUT2D eigenvalue weighted by molar-refractivity contribution is 5.90. The van der Waals surface area contributed by atoms with Gasteiger partial charge in [-0.15, -0.1) is 0 Å². The normalized spacial score (nSPS) is 17.1. The first-order valence-electron chi connectivity index (χ1n) is 7.03. The van der Waals surface area contributed by atoms with Gasteiger partial charge in [0.15, 0.2) is 0 Å². The fourth-order valence-electron chi connectivity index (χ4n) is 2.56. The Morgan fingerprint density at radius 2 is 2.14 bits per heavy atom. The number of nitro benzene ring substituents is 1. The molecule has 8 nitrogen and oxygen atoms in total. The zero-order valence-corrected chi connectivity index (χ0v) is 12.2. The number of nitrogens with one attached hydrogen (secondary N) is 2. The summed E-state index contributed by atoms with van der Waals surface area (Å²) >= 11 is 0. The molecule has 1 aliphatic heterocycles. The van der Waals surface area contributed by atoms with Crippen LogP contribution < -0.4 is 10.6 Å². The van der Waals surface area contributed by atoms with Gasteiger partial charge in [0.25, 0.3) is 5.69 Å². The molecule has 1 heterocycles. The highest BCUT2D eigenvalue weighted by Gasteiger charge is 2.33. The van der Waals surface area contributed by atoms with Gasteiger partial charge < -0.3 is 15.5 Å². The zero-order chi connectivity index (χ0) is 16.1. The minimum Gasteiger partial charge on any atom is -0.371 e. The van der Waals surface area contributed by atoms with Gasteiger partial charge in [0.1, 0.15) is 11.7 Å². The number of nitro groups is 1. The van der Waals surface area contributed by atoms with Crippen LogP contribution in [0.15, 0.2) is 24.3 Å². The molecule has 0 saturated carbocycles. The van der Waals surface area contributed by atoms with E-state index < -0.39 is 11.0 Å². The molecule has 0 bridgehead atoms. The van der Waals surface area contributed by atoms with Gasteiger partial charge in [0.2, 0.25) is 11.8 Å². The Morgan fingerprint density at radius 3 is 2.82 bits per heavy atom. The van der Waals surface area contributed by atoms with Gasteiger partial charge in [-0.2, -0.15) is 0 Å². The Labute approximate surface area is 127 Å². The molecule has 0 spiro atoms. The molecule has 0 aromatic heterocycles. The van der Waals surface area contributed by atoms with Gasteiger partial charge in [0.05, 0.1) is 11.5 Å². The fourth-order valence-corrected chi connectivity index (χ4v) is 2.56. The Balaban J connectivity index is 2.01. The van der Waals surface area contributed by atoms with Crippen LogP contribution in [0.3, 0.4) is 0 Å². The van der Waals surface area contributed by atoms with Crippen molar-refractivity contribution in [2.75, 3.05) is 25.5 Å². The number of hydrogen-bond donors (Lipinski definition) is 2. The van der Waals surface area contributed by atoms with Crippen LogP contribution in [0.4, 0.5) is 11.4 Å². The maximum Gasteiger partial charge on any atom is 0.292 e. The molecule has 2 N–H and O–H groups in total. The van der Waals surface area contributed by atoms with Crippen LogP contribution >= 0.6 is 0 Å². The lowest BCUT2D eigenvalue weighted by atomic mass is 10.2. The summed E-state index contributed by atoms with van der Waals surface area (Å²) in [6.07, 6.45) is 1.41. The number of anilines is 1. The number of para-hydroxylation sites is 2. The number of amides is 2. The van der Waals surface area contributed by atoms with Crippen LogP contribution in [0.5, 0.6) is 0 Å². The number of nitrogens with zero attached hydrogens (tertiary/aromatic N) is 2. The highest BCUT2D eigenvalue weighted by Crippen LogP contribution is 2.23. The lowest BCUT2D eigenvalue weighted by Crippen LogP contribution is -2.46. The summed E-state index contributed by atoms with van der Waals surface area (Å²) in [6, 6.07) is 5.68. The summed E-state index contributed by atoms with van der Waals surface area (Å²) < 4.78 is 0. The Kier molecular flexibility index (Phi) is 4.92. The number of likely N-dealkylation sites (tertiary alicyclic amines) is 1. The Bertz CT molecular complexity index is 590. The molecule has 1 aromatic rings. The molecule has 1 saturated heterocycles. The molecule has 1 aromatic carbocycles. The summed E-state index contributed by atoms with van der Waals surface area (Å²) in [6.45, 7) is 0.438. The third-order valence-corrected chi connectivity index (χ3v) is 3.65. The largest absolute Gasteiger partial charge is 0.371 e. The fraction of sp³-hybridized carbons (Fsp3) is 0.429.